The first-order valence-corrected chi connectivity index (χ1v) is 7.62. The van der Waals surface area contributed by atoms with Gasteiger partial charge in [0, 0.05) is 5.02 Å². The monoisotopic (exact) mass is 289 g/mol. The Morgan fingerprint density at radius 1 is 1.00 bits per heavy atom. The maximum absolute atomic E-state index is 12.5. The summed E-state index contributed by atoms with van der Waals surface area (Å²) in [6.07, 6.45) is 3.33. The number of rotatable bonds is 2. The molecule has 104 valence electrons. The topological polar surface area (TPSA) is 37.4 Å². The van der Waals surface area contributed by atoms with Gasteiger partial charge in [-0.15, -0.1) is 0 Å². The predicted octanol–water partition coefficient (Wildman–Crippen LogP) is 2.87. The number of hydrogen-bond acceptors (Lipinski definition) is 2. The fourth-order valence-electron chi connectivity index (χ4n) is 4.40. The van der Waals surface area contributed by atoms with Gasteiger partial charge in [-0.05, 0) is 48.8 Å². The highest BCUT2D eigenvalue weighted by atomic mass is 35.5. The first-order valence-electron chi connectivity index (χ1n) is 7.25. The van der Waals surface area contributed by atoms with E-state index in [2.05, 4.69) is 0 Å². The molecule has 2 saturated carbocycles. The molecule has 3 fully saturated rings. The van der Waals surface area contributed by atoms with E-state index in [1.807, 2.05) is 12.1 Å². The summed E-state index contributed by atoms with van der Waals surface area (Å²) in [6.45, 7) is 0.390. The van der Waals surface area contributed by atoms with Crippen molar-refractivity contribution in [1.29, 1.82) is 0 Å². The van der Waals surface area contributed by atoms with Crippen molar-refractivity contribution in [2.75, 3.05) is 0 Å². The lowest BCUT2D eigenvalue weighted by Crippen LogP contribution is -2.32. The van der Waals surface area contributed by atoms with Gasteiger partial charge in [-0.2, -0.15) is 0 Å². The van der Waals surface area contributed by atoms with Crippen molar-refractivity contribution in [3.8, 4) is 0 Å². The highest BCUT2D eigenvalue weighted by molar-refractivity contribution is 6.30. The Morgan fingerprint density at radius 3 is 2.10 bits per heavy atom. The smallest absolute Gasteiger partial charge is 0.233 e. The van der Waals surface area contributed by atoms with E-state index in [9.17, 15) is 9.59 Å². The Bertz CT molecular complexity index is 555. The molecule has 0 radical (unpaired) electrons. The lowest BCUT2D eigenvalue weighted by molar-refractivity contribution is -0.141. The summed E-state index contributed by atoms with van der Waals surface area (Å²) in [5.74, 6) is 0.986. The summed E-state index contributed by atoms with van der Waals surface area (Å²) in [5.41, 5.74) is 0.962. The van der Waals surface area contributed by atoms with E-state index in [0.29, 0.717) is 23.4 Å². The van der Waals surface area contributed by atoms with Gasteiger partial charge in [0.1, 0.15) is 0 Å². The van der Waals surface area contributed by atoms with Gasteiger partial charge >= 0.3 is 0 Å². The molecular formula is C16H16ClNO2. The van der Waals surface area contributed by atoms with Crippen LogP contribution in [0.15, 0.2) is 24.3 Å². The first-order chi connectivity index (χ1) is 9.65. The number of likely N-dealkylation sites (tertiary alicyclic amines) is 1. The minimum atomic E-state index is -0.0199. The Labute approximate surface area is 122 Å². The third-order valence-corrected chi connectivity index (χ3v) is 5.52. The Morgan fingerprint density at radius 2 is 1.55 bits per heavy atom. The Kier molecular flexibility index (Phi) is 2.68. The molecule has 3 nitrogen and oxygen atoms in total. The van der Waals surface area contributed by atoms with E-state index in [4.69, 9.17) is 11.6 Å². The van der Waals surface area contributed by atoms with Gasteiger partial charge in [-0.3, -0.25) is 14.5 Å². The largest absolute Gasteiger partial charge is 0.278 e. The Balaban J connectivity index is 1.59. The second kappa shape index (κ2) is 4.32. The summed E-state index contributed by atoms with van der Waals surface area (Å²) in [5, 5.41) is 0.669. The third-order valence-electron chi connectivity index (χ3n) is 5.27. The second-order valence-corrected chi connectivity index (χ2v) is 6.71. The van der Waals surface area contributed by atoms with Crippen molar-refractivity contribution in [2.24, 2.45) is 23.7 Å². The van der Waals surface area contributed by atoms with E-state index in [1.165, 1.54) is 4.90 Å². The van der Waals surface area contributed by atoms with Gasteiger partial charge in [0.2, 0.25) is 11.8 Å². The molecule has 4 rings (SSSR count). The van der Waals surface area contributed by atoms with Crippen LogP contribution in [0.4, 0.5) is 0 Å². The molecule has 0 spiro atoms. The molecule has 1 saturated heterocycles. The van der Waals surface area contributed by atoms with Crippen LogP contribution in [0.1, 0.15) is 24.8 Å². The molecular weight excluding hydrogens is 274 g/mol. The average molecular weight is 290 g/mol. The molecule has 0 N–H and O–H groups in total. The maximum Gasteiger partial charge on any atom is 0.233 e. The van der Waals surface area contributed by atoms with Crippen LogP contribution in [0, 0.1) is 23.7 Å². The fraction of sp³-hybridized carbons (Fsp3) is 0.500. The number of benzene rings is 1. The van der Waals surface area contributed by atoms with Crippen LogP contribution in [0.25, 0.3) is 0 Å². The summed E-state index contributed by atoms with van der Waals surface area (Å²) >= 11 is 5.86. The molecule has 4 heteroatoms. The van der Waals surface area contributed by atoms with Gasteiger partial charge in [0.15, 0.2) is 0 Å². The standard InChI is InChI=1S/C16H16ClNO2/c17-12-5-1-9(2-6-12)8-18-15(19)13-10-3-4-11(7-10)14(13)16(18)20/h1-2,5-6,10-11,13-14H,3-4,7-8H2. The molecule has 2 aliphatic carbocycles. The Hall–Kier alpha value is -1.35. The first kappa shape index (κ1) is 12.4. The number of halogens is 1. The summed E-state index contributed by atoms with van der Waals surface area (Å²) in [6, 6.07) is 7.36. The minimum Gasteiger partial charge on any atom is -0.278 e. The van der Waals surface area contributed by atoms with Gasteiger partial charge in [0.05, 0.1) is 18.4 Å². The number of amides is 2. The number of carbonyl (C=O) groups excluding carboxylic acids is 2. The zero-order chi connectivity index (χ0) is 13.9. The molecule has 2 bridgehead atoms. The van der Waals surface area contributed by atoms with Crippen LogP contribution in [0.2, 0.25) is 5.02 Å². The van der Waals surface area contributed by atoms with Gasteiger partial charge in [0.25, 0.3) is 0 Å². The SMILES string of the molecule is O=C1C2C3CCC(C3)C2C(=O)N1Cc1ccc(Cl)cc1. The van der Waals surface area contributed by atoms with Crippen molar-refractivity contribution in [2.45, 2.75) is 25.8 Å². The maximum atomic E-state index is 12.5. The molecule has 4 unspecified atom stereocenters. The van der Waals surface area contributed by atoms with E-state index in [1.54, 1.807) is 12.1 Å². The summed E-state index contributed by atoms with van der Waals surface area (Å²) in [4.78, 5) is 26.6. The van der Waals surface area contributed by atoms with Crippen molar-refractivity contribution in [3.05, 3.63) is 34.9 Å². The summed E-state index contributed by atoms with van der Waals surface area (Å²) < 4.78 is 0. The van der Waals surface area contributed by atoms with Crippen LogP contribution < -0.4 is 0 Å². The van der Waals surface area contributed by atoms with E-state index in [0.717, 1.165) is 24.8 Å². The van der Waals surface area contributed by atoms with Crippen LogP contribution in [0.3, 0.4) is 0 Å². The minimum absolute atomic E-state index is 0.0199. The number of carbonyl (C=O) groups is 2. The normalized spacial score (nSPS) is 35.0. The van der Waals surface area contributed by atoms with Crippen molar-refractivity contribution < 1.29 is 9.59 Å². The molecule has 3 aliphatic rings. The van der Waals surface area contributed by atoms with Gasteiger partial charge in [-0.25, -0.2) is 0 Å². The lowest BCUT2D eigenvalue weighted by Gasteiger charge is -2.19. The van der Waals surface area contributed by atoms with Crippen LogP contribution >= 0.6 is 11.6 Å². The van der Waals surface area contributed by atoms with Crippen molar-refractivity contribution in [1.82, 2.24) is 4.90 Å². The predicted molar refractivity (Wildman–Crippen MR) is 74.8 cm³/mol. The highest BCUT2D eigenvalue weighted by Gasteiger charge is 2.60. The van der Waals surface area contributed by atoms with Crippen molar-refractivity contribution in [3.63, 3.8) is 0 Å². The number of imide groups is 1. The average Bonchev–Trinajstić information content (AvgIpc) is 3.11. The second-order valence-electron chi connectivity index (χ2n) is 6.27. The van der Waals surface area contributed by atoms with Gasteiger partial charge in [-0.1, -0.05) is 23.7 Å². The van der Waals surface area contributed by atoms with Crippen LogP contribution in [-0.2, 0) is 16.1 Å². The third kappa shape index (κ3) is 1.65. The molecule has 20 heavy (non-hydrogen) atoms. The van der Waals surface area contributed by atoms with E-state index < -0.39 is 0 Å². The van der Waals surface area contributed by atoms with E-state index >= 15 is 0 Å². The highest BCUT2D eigenvalue weighted by Crippen LogP contribution is 2.56. The molecule has 1 aromatic carbocycles. The number of hydrogen-bond donors (Lipinski definition) is 0. The molecule has 0 aromatic heterocycles. The van der Waals surface area contributed by atoms with E-state index in [-0.39, 0.29) is 23.7 Å². The van der Waals surface area contributed by atoms with Crippen molar-refractivity contribution >= 4 is 23.4 Å². The quantitative estimate of drug-likeness (QED) is 0.785. The molecule has 4 atom stereocenters. The zero-order valence-corrected chi connectivity index (χ0v) is 11.8. The van der Waals surface area contributed by atoms with Crippen LogP contribution in [-0.4, -0.2) is 16.7 Å². The lowest BCUT2D eigenvalue weighted by atomic mass is 9.81. The summed E-state index contributed by atoms with van der Waals surface area (Å²) in [7, 11) is 0. The van der Waals surface area contributed by atoms with Gasteiger partial charge < -0.3 is 0 Å². The zero-order valence-electron chi connectivity index (χ0n) is 11.1. The molecule has 1 aromatic rings. The van der Waals surface area contributed by atoms with Crippen LogP contribution in [0.5, 0.6) is 0 Å². The molecule has 1 aliphatic heterocycles. The number of nitrogens with zero attached hydrogens (tertiary/aromatic N) is 1. The molecule has 1 heterocycles. The molecule has 2 amide bonds. The number of fused-ring (bicyclic) bond motifs is 5. The fourth-order valence-corrected chi connectivity index (χ4v) is 4.52.